The summed E-state index contributed by atoms with van der Waals surface area (Å²) in [5.41, 5.74) is 2.73. The molecular weight excluding hydrogens is 313 g/mol. The van der Waals surface area contributed by atoms with Gasteiger partial charge in [-0.1, -0.05) is 31.5 Å². The van der Waals surface area contributed by atoms with E-state index in [0.29, 0.717) is 11.6 Å². The number of nitriles is 1. The van der Waals surface area contributed by atoms with Crippen LogP contribution in [0.3, 0.4) is 0 Å². The van der Waals surface area contributed by atoms with E-state index in [-0.39, 0.29) is 5.02 Å². The van der Waals surface area contributed by atoms with Crippen LogP contribution in [0.25, 0.3) is 22.2 Å². The van der Waals surface area contributed by atoms with Crippen molar-refractivity contribution in [3.63, 3.8) is 0 Å². The number of hydrogen-bond donors (Lipinski definition) is 0. The van der Waals surface area contributed by atoms with Crippen LogP contribution in [0.15, 0.2) is 36.5 Å². The van der Waals surface area contributed by atoms with E-state index >= 15 is 0 Å². The van der Waals surface area contributed by atoms with E-state index in [4.69, 9.17) is 16.9 Å². The fourth-order valence-corrected chi connectivity index (χ4v) is 2.77. The molecular formula is C18H15ClFN3. The Balaban J connectivity index is 2.24. The van der Waals surface area contributed by atoms with E-state index in [1.807, 2.05) is 16.8 Å². The first-order valence-electron chi connectivity index (χ1n) is 7.35. The standard InChI is InChI=1S/C18H15ClFN3/c1-11(2)9-23-10-15(12-3-6-16(19)17(20)7-12)14-5-4-13(8-21)22-18(14)23/h3-7,10-11H,9H2,1-2H3. The average molecular weight is 328 g/mol. The predicted octanol–water partition coefficient (Wildman–Crippen LogP) is 5.02. The van der Waals surface area contributed by atoms with Crippen LogP contribution in [0.2, 0.25) is 5.02 Å². The zero-order valence-corrected chi connectivity index (χ0v) is 13.6. The number of rotatable bonds is 3. The molecule has 2 heterocycles. The van der Waals surface area contributed by atoms with Gasteiger partial charge in [-0.05, 0) is 35.7 Å². The Morgan fingerprint density at radius 1 is 1.30 bits per heavy atom. The zero-order valence-electron chi connectivity index (χ0n) is 12.8. The monoisotopic (exact) mass is 327 g/mol. The maximum Gasteiger partial charge on any atom is 0.142 e. The molecule has 0 atom stereocenters. The lowest BCUT2D eigenvalue weighted by atomic mass is 10.1. The summed E-state index contributed by atoms with van der Waals surface area (Å²) in [4.78, 5) is 4.41. The van der Waals surface area contributed by atoms with Gasteiger partial charge in [0.15, 0.2) is 0 Å². The fourth-order valence-electron chi connectivity index (χ4n) is 2.65. The number of fused-ring (bicyclic) bond motifs is 1. The van der Waals surface area contributed by atoms with Gasteiger partial charge in [0.05, 0.1) is 5.02 Å². The highest BCUT2D eigenvalue weighted by molar-refractivity contribution is 6.30. The lowest BCUT2D eigenvalue weighted by molar-refractivity contribution is 0.533. The smallest absolute Gasteiger partial charge is 0.142 e. The third-order valence-electron chi connectivity index (χ3n) is 3.63. The lowest BCUT2D eigenvalue weighted by Crippen LogP contribution is -2.03. The van der Waals surface area contributed by atoms with Crippen molar-refractivity contribution in [3.05, 3.63) is 53.1 Å². The van der Waals surface area contributed by atoms with E-state index in [1.54, 1.807) is 18.2 Å². The minimum absolute atomic E-state index is 0.101. The fraction of sp³-hybridized carbons (Fsp3) is 0.222. The van der Waals surface area contributed by atoms with E-state index in [9.17, 15) is 4.39 Å². The molecule has 5 heteroatoms. The van der Waals surface area contributed by atoms with Gasteiger partial charge in [0.1, 0.15) is 23.2 Å². The molecule has 0 bridgehead atoms. The Hall–Kier alpha value is -2.38. The molecule has 3 nitrogen and oxygen atoms in total. The van der Waals surface area contributed by atoms with Gasteiger partial charge in [-0.25, -0.2) is 9.37 Å². The van der Waals surface area contributed by atoms with Crippen LogP contribution in [0.4, 0.5) is 4.39 Å². The van der Waals surface area contributed by atoms with Crippen LogP contribution in [-0.4, -0.2) is 9.55 Å². The van der Waals surface area contributed by atoms with Crippen LogP contribution in [-0.2, 0) is 6.54 Å². The number of nitrogens with zero attached hydrogens (tertiary/aromatic N) is 3. The lowest BCUT2D eigenvalue weighted by Gasteiger charge is -2.07. The van der Waals surface area contributed by atoms with Crippen LogP contribution >= 0.6 is 11.6 Å². The van der Waals surface area contributed by atoms with Crippen molar-refractivity contribution in [2.45, 2.75) is 20.4 Å². The van der Waals surface area contributed by atoms with Gasteiger partial charge in [0.25, 0.3) is 0 Å². The van der Waals surface area contributed by atoms with Crippen LogP contribution in [0, 0.1) is 23.1 Å². The molecule has 116 valence electrons. The van der Waals surface area contributed by atoms with Crippen molar-refractivity contribution in [2.24, 2.45) is 5.92 Å². The largest absolute Gasteiger partial charge is 0.332 e. The first kappa shape index (κ1) is 15.5. The Morgan fingerprint density at radius 3 is 2.74 bits per heavy atom. The molecule has 0 saturated carbocycles. The molecule has 0 unspecified atom stereocenters. The molecule has 2 aromatic heterocycles. The van der Waals surface area contributed by atoms with E-state index in [0.717, 1.165) is 28.7 Å². The summed E-state index contributed by atoms with van der Waals surface area (Å²) in [6, 6.07) is 10.4. The number of pyridine rings is 1. The Morgan fingerprint density at radius 2 is 2.09 bits per heavy atom. The van der Waals surface area contributed by atoms with Crippen molar-refractivity contribution < 1.29 is 4.39 Å². The van der Waals surface area contributed by atoms with Crippen LogP contribution in [0.5, 0.6) is 0 Å². The SMILES string of the molecule is CC(C)Cn1cc(-c2ccc(Cl)c(F)c2)c2ccc(C#N)nc21. The Kier molecular flexibility index (Phi) is 4.06. The van der Waals surface area contributed by atoms with Gasteiger partial charge in [-0.3, -0.25) is 0 Å². The van der Waals surface area contributed by atoms with Crippen molar-refractivity contribution >= 4 is 22.6 Å². The first-order chi connectivity index (χ1) is 11.0. The number of hydrogen-bond acceptors (Lipinski definition) is 2. The average Bonchev–Trinajstić information content (AvgIpc) is 2.87. The van der Waals surface area contributed by atoms with E-state index in [2.05, 4.69) is 24.9 Å². The topological polar surface area (TPSA) is 41.6 Å². The Labute approximate surface area is 138 Å². The predicted molar refractivity (Wildman–Crippen MR) is 89.7 cm³/mol. The van der Waals surface area contributed by atoms with Crippen molar-refractivity contribution in [1.82, 2.24) is 9.55 Å². The van der Waals surface area contributed by atoms with Gasteiger partial charge in [-0.2, -0.15) is 5.26 Å². The van der Waals surface area contributed by atoms with Crippen molar-refractivity contribution in [3.8, 4) is 17.2 Å². The summed E-state index contributed by atoms with van der Waals surface area (Å²) in [5, 5.41) is 10.1. The summed E-state index contributed by atoms with van der Waals surface area (Å²) in [6.07, 6.45) is 1.96. The quantitative estimate of drug-likeness (QED) is 0.677. The highest BCUT2D eigenvalue weighted by atomic mass is 35.5. The molecule has 0 aliphatic rings. The van der Waals surface area contributed by atoms with Crippen molar-refractivity contribution in [2.75, 3.05) is 0 Å². The molecule has 0 saturated heterocycles. The highest BCUT2D eigenvalue weighted by Crippen LogP contribution is 2.32. The molecule has 0 spiro atoms. The molecule has 23 heavy (non-hydrogen) atoms. The van der Waals surface area contributed by atoms with Crippen molar-refractivity contribution in [1.29, 1.82) is 5.26 Å². The molecule has 1 aromatic carbocycles. The molecule has 0 radical (unpaired) electrons. The maximum absolute atomic E-state index is 13.8. The third-order valence-corrected chi connectivity index (χ3v) is 3.94. The summed E-state index contributed by atoms with van der Waals surface area (Å²) in [7, 11) is 0. The zero-order chi connectivity index (χ0) is 16.6. The summed E-state index contributed by atoms with van der Waals surface area (Å²) in [5.74, 6) is -0.0246. The molecule has 0 fully saturated rings. The summed E-state index contributed by atoms with van der Waals surface area (Å²) in [6.45, 7) is 5.00. The second kappa shape index (κ2) is 6.02. The van der Waals surface area contributed by atoms with E-state index in [1.165, 1.54) is 6.07 Å². The van der Waals surface area contributed by atoms with Gasteiger partial charge >= 0.3 is 0 Å². The maximum atomic E-state index is 13.8. The van der Waals surface area contributed by atoms with Crippen LogP contribution in [0.1, 0.15) is 19.5 Å². The summed E-state index contributed by atoms with van der Waals surface area (Å²) >= 11 is 5.77. The number of halogens is 2. The second-order valence-corrected chi connectivity index (χ2v) is 6.30. The first-order valence-corrected chi connectivity index (χ1v) is 7.73. The summed E-state index contributed by atoms with van der Waals surface area (Å²) < 4.78 is 15.8. The minimum atomic E-state index is -0.449. The molecule has 0 N–H and O–H groups in total. The van der Waals surface area contributed by atoms with Gasteiger partial charge in [0.2, 0.25) is 0 Å². The molecule has 0 amide bonds. The third kappa shape index (κ3) is 2.93. The normalized spacial score (nSPS) is 11.1. The highest BCUT2D eigenvalue weighted by Gasteiger charge is 2.14. The minimum Gasteiger partial charge on any atom is -0.332 e. The van der Waals surface area contributed by atoms with E-state index < -0.39 is 5.82 Å². The van der Waals surface area contributed by atoms with Crippen LogP contribution < -0.4 is 0 Å². The second-order valence-electron chi connectivity index (χ2n) is 5.90. The molecule has 0 aliphatic heterocycles. The van der Waals surface area contributed by atoms with Gasteiger partial charge < -0.3 is 4.57 Å². The molecule has 3 aromatic rings. The number of benzene rings is 1. The number of aromatic nitrogens is 2. The molecule has 3 rings (SSSR count). The Bertz CT molecular complexity index is 922. The van der Waals surface area contributed by atoms with Gasteiger partial charge in [0, 0.05) is 23.7 Å². The molecule has 0 aliphatic carbocycles. The van der Waals surface area contributed by atoms with Gasteiger partial charge in [-0.15, -0.1) is 0 Å².